The topological polar surface area (TPSA) is 46.6 Å². The van der Waals surface area contributed by atoms with E-state index in [2.05, 4.69) is 45.1 Å². The lowest BCUT2D eigenvalue weighted by molar-refractivity contribution is 0.783. The van der Waals surface area contributed by atoms with Crippen molar-refractivity contribution < 1.29 is 0 Å². The van der Waals surface area contributed by atoms with Crippen molar-refractivity contribution in [2.75, 3.05) is 18.0 Å². The highest BCUT2D eigenvalue weighted by Crippen LogP contribution is 2.26. The Labute approximate surface area is 127 Å². The molecule has 0 bridgehead atoms. The van der Waals surface area contributed by atoms with E-state index in [1.54, 1.807) is 11.3 Å². The van der Waals surface area contributed by atoms with E-state index in [1.165, 1.54) is 11.1 Å². The van der Waals surface area contributed by atoms with Crippen LogP contribution >= 0.6 is 11.3 Å². The van der Waals surface area contributed by atoms with E-state index in [0.717, 1.165) is 42.4 Å². The summed E-state index contributed by atoms with van der Waals surface area (Å²) in [6, 6.07) is 8.75. The van der Waals surface area contributed by atoms with Crippen molar-refractivity contribution >= 4 is 22.1 Å². The maximum atomic E-state index is 5.97. The summed E-state index contributed by atoms with van der Waals surface area (Å²) in [5.74, 6) is 1.07. The lowest BCUT2D eigenvalue weighted by atomic mass is 10.0. The van der Waals surface area contributed by atoms with E-state index in [1.807, 2.05) is 0 Å². The fraction of sp³-hybridized carbons (Fsp3) is 0.312. The molecule has 3 aromatic rings. The number of hydrogen-bond donors (Lipinski definition) is 1. The predicted molar refractivity (Wildman–Crippen MR) is 87.0 cm³/mol. The number of aromatic nitrogens is 2. The molecule has 0 unspecified atom stereocenters. The van der Waals surface area contributed by atoms with E-state index in [9.17, 15) is 0 Å². The first-order valence-electron chi connectivity index (χ1n) is 7.33. The Hall–Kier alpha value is -1.85. The third-order valence-electron chi connectivity index (χ3n) is 4.25. The Morgan fingerprint density at radius 1 is 1.14 bits per heavy atom. The van der Waals surface area contributed by atoms with Gasteiger partial charge in [0.15, 0.2) is 10.8 Å². The van der Waals surface area contributed by atoms with Crippen LogP contribution in [0.2, 0.25) is 0 Å². The molecule has 0 fully saturated rings. The van der Waals surface area contributed by atoms with Crippen LogP contribution in [0.25, 0.3) is 4.96 Å². The molecule has 1 aromatic carbocycles. The summed E-state index contributed by atoms with van der Waals surface area (Å²) < 4.78 is 2.12. The highest BCUT2D eigenvalue weighted by molar-refractivity contribution is 7.15. The van der Waals surface area contributed by atoms with E-state index in [0.29, 0.717) is 6.54 Å². The van der Waals surface area contributed by atoms with Gasteiger partial charge in [-0.2, -0.15) is 0 Å². The van der Waals surface area contributed by atoms with Crippen LogP contribution in [0.5, 0.6) is 0 Å². The molecule has 0 saturated carbocycles. The van der Waals surface area contributed by atoms with Crippen LogP contribution in [0.15, 0.2) is 35.8 Å². The van der Waals surface area contributed by atoms with E-state index in [-0.39, 0.29) is 0 Å². The molecule has 0 aliphatic carbocycles. The lowest BCUT2D eigenvalue weighted by Crippen LogP contribution is -2.27. The summed E-state index contributed by atoms with van der Waals surface area (Å²) in [4.78, 5) is 8.22. The summed E-state index contributed by atoms with van der Waals surface area (Å²) in [6.45, 7) is 2.54. The Kier molecular flexibility index (Phi) is 3.16. The molecule has 0 atom stereocenters. The van der Waals surface area contributed by atoms with Crippen LogP contribution in [0.4, 0.5) is 5.82 Å². The first-order chi connectivity index (χ1) is 10.4. The SMILES string of the molecule is NCc1c(N2CCc3ccccc3CC2)nc2sccn12. The molecule has 4 rings (SSSR count). The standard InChI is InChI=1S/C16H18N4S/c17-11-14-15(18-16-20(14)9-10-21-16)19-7-5-12-3-1-2-4-13(12)6-8-19/h1-4,9-10H,5-8,11,17H2. The summed E-state index contributed by atoms with van der Waals surface area (Å²) in [5.41, 5.74) is 10.0. The maximum Gasteiger partial charge on any atom is 0.195 e. The Balaban J connectivity index is 1.69. The highest BCUT2D eigenvalue weighted by Gasteiger charge is 2.20. The van der Waals surface area contributed by atoms with Gasteiger partial charge in [-0.25, -0.2) is 4.98 Å². The molecule has 21 heavy (non-hydrogen) atoms. The quantitative estimate of drug-likeness (QED) is 0.790. The van der Waals surface area contributed by atoms with Gasteiger partial charge >= 0.3 is 0 Å². The molecule has 2 N–H and O–H groups in total. The number of nitrogens with zero attached hydrogens (tertiary/aromatic N) is 3. The average Bonchev–Trinajstić information content (AvgIpc) is 3.02. The number of hydrogen-bond acceptors (Lipinski definition) is 4. The number of thiazole rings is 1. The zero-order valence-electron chi connectivity index (χ0n) is 11.8. The van der Waals surface area contributed by atoms with Crippen molar-refractivity contribution in [3.05, 3.63) is 52.7 Å². The number of benzene rings is 1. The third kappa shape index (κ3) is 2.13. The molecule has 4 nitrogen and oxygen atoms in total. The average molecular weight is 298 g/mol. The molecule has 0 saturated heterocycles. The Bertz CT molecular complexity index is 747. The van der Waals surface area contributed by atoms with Gasteiger partial charge in [0.1, 0.15) is 0 Å². The summed E-state index contributed by atoms with van der Waals surface area (Å²) in [7, 11) is 0. The Morgan fingerprint density at radius 2 is 1.86 bits per heavy atom. The largest absolute Gasteiger partial charge is 0.354 e. The second kappa shape index (κ2) is 5.16. The minimum Gasteiger partial charge on any atom is -0.354 e. The zero-order valence-corrected chi connectivity index (χ0v) is 12.6. The van der Waals surface area contributed by atoms with Crippen molar-refractivity contribution in [1.29, 1.82) is 0 Å². The third-order valence-corrected chi connectivity index (χ3v) is 5.01. The monoisotopic (exact) mass is 298 g/mol. The second-order valence-corrected chi connectivity index (χ2v) is 6.27. The maximum absolute atomic E-state index is 5.97. The van der Waals surface area contributed by atoms with Gasteiger partial charge in [0.05, 0.1) is 5.69 Å². The smallest absolute Gasteiger partial charge is 0.195 e. The predicted octanol–water partition coefficient (Wildman–Crippen LogP) is 2.46. The normalized spacial score (nSPS) is 15.2. The summed E-state index contributed by atoms with van der Waals surface area (Å²) >= 11 is 1.66. The van der Waals surface area contributed by atoms with Crippen LogP contribution in [-0.4, -0.2) is 22.5 Å². The number of imidazole rings is 1. The zero-order chi connectivity index (χ0) is 14.2. The molecular weight excluding hydrogens is 280 g/mol. The van der Waals surface area contributed by atoms with Gasteiger partial charge in [0.2, 0.25) is 0 Å². The number of nitrogens with two attached hydrogens (primary N) is 1. The molecule has 108 valence electrons. The number of anilines is 1. The van der Waals surface area contributed by atoms with Crippen molar-refractivity contribution in [3.63, 3.8) is 0 Å². The van der Waals surface area contributed by atoms with Crippen LogP contribution in [0.3, 0.4) is 0 Å². The molecule has 1 aliphatic rings. The minimum absolute atomic E-state index is 0.524. The second-order valence-electron chi connectivity index (χ2n) is 5.40. The van der Waals surface area contributed by atoms with Crippen LogP contribution < -0.4 is 10.6 Å². The van der Waals surface area contributed by atoms with Crippen molar-refractivity contribution in [3.8, 4) is 0 Å². The van der Waals surface area contributed by atoms with E-state index < -0.39 is 0 Å². The van der Waals surface area contributed by atoms with Gasteiger partial charge in [-0.3, -0.25) is 4.40 Å². The van der Waals surface area contributed by atoms with E-state index >= 15 is 0 Å². The minimum atomic E-state index is 0.524. The van der Waals surface area contributed by atoms with Crippen molar-refractivity contribution in [2.24, 2.45) is 5.73 Å². The molecular formula is C16H18N4S. The Morgan fingerprint density at radius 3 is 2.52 bits per heavy atom. The summed E-state index contributed by atoms with van der Waals surface area (Å²) in [5, 5.41) is 2.06. The molecule has 5 heteroatoms. The highest BCUT2D eigenvalue weighted by atomic mass is 32.1. The van der Waals surface area contributed by atoms with Gasteiger partial charge in [-0.05, 0) is 24.0 Å². The van der Waals surface area contributed by atoms with E-state index in [4.69, 9.17) is 10.7 Å². The first-order valence-corrected chi connectivity index (χ1v) is 8.21. The molecule has 0 radical (unpaired) electrons. The van der Waals surface area contributed by atoms with Crippen LogP contribution in [0.1, 0.15) is 16.8 Å². The van der Waals surface area contributed by atoms with Crippen molar-refractivity contribution in [2.45, 2.75) is 19.4 Å². The lowest BCUT2D eigenvalue weighted by Gasteiger charge is -2.21. The molecule has 0 amide bonds. The molecule has 0 spiro atoms. The molecule has 1 aliphatic heterocycles. The fourth-order valence-corrected chi connectivity index (χ4v) is 3.87. The van der Waals surface area contributed by atoms with Crippen LogP contribution in [-0.2, 0) is 19.4 Å². The first kappa shape index (κ1) is 12.9. The van der Waals surface area contributed by atoms with Crippen molar-refractivity contribution in [1.82, 2.24) is 9.38 Å². The van der Waals surface area contributed by atoms with Crippen LogP contribution in [0, 0.1) is 0 Å². The van der Waals surface area contributed by atoms with Gasteiger partial charge in [-0.15, -0.1) is 11.3 Å². The molecule has 2 aromatic heterocycles. The number of rotatable bonds is 2. The molecule has 3 heterocycles. The summed E-state index contributed by atoms with van der Waals surface area (Å²) in [6.07, 6.45) is 4.21. The fourth-order valence-electron chi connectivity index (χ4n) is 3.14. The van der Waals surface area contributed by atoms with Gasteiger partial charge in [-0.1, -0.05) is 24.3 Å². The van der Waals surface area contributed by atoms with Gasteiger partial charge in [0.25, 0.3) is 0 Å². The van der Waals surface area contributed by atoms with Gasteiger partial charge in [0, 0.05) is 31.2 Å². The van der Waals surface area contributed by atoms with Gasteiger partial charge < -0.3 is 10.6 Å². The number of fused-ring (bicyclic) bond motifs is 2.